The van der Waals surface area contributed by atoms with E-state index in [0.29, 0.717) is 33.1 Å². The van der Waals surface area contributed by atoms with Crippen LogP contribution in [-0.2, 0) is 14.3 Å². The summed E-state index contributed by atoms with van der Waals surface area (Å²) in [5.41, 5.74) is 0.948. The summed E-state index contributed by atoms with van der Waals surface area (Å²) in [6, 6.07) is 3.47. The van der Waals surface area contributed by atoms with Crippen LogP contribution in [0, 0.1) is 23.2 Å². The zero-order valence-electron chi connectivity index (χ0n) is 17.1. The SMILES string of the molecule is COc1cc(C=C2N=C(C34CC5CC(CC(C5)C3)C4)OC2=O)cc(Br)c1OC(C)=O. The molecule has 1 aromatic carbocycles. The molecule has 4 saturated carbocycles. The highest BCUT2D eigenvalue weighted by atomic mass is 79.9. The topological polar surface area (TPSA) is 74.2 Å². The largest absolute Gasteiger partial charge is 0.493 e. The smallest absolute Gasteiger partial charge is 0.363 e. The molecule has 6 nitrogen and oxygen atoms in total. The van der Waals surface area contributed by atoms with Crippen LogP contribution in [0.5, 0.6) is 11.5 Å². The maximum Gasteiger partial charge on any atom is 0.363 e. The lowest BCUT2D eigenvalue weighted by Crippen LogP contribution is -2.50. The van der Waals surface area contributed by atoms with Crippen molar-refractivity contribution in [3.05, 3.63) is 27.9 Å². The number of carbonyl (C=O) groups is 2. The zero-order valence-corrected chi connectivity index (χ0v) is 18.7. The van der Waals surface area contributed by atoms with Gasteiger partial charge in [-0.15, -0.1) is 0 Å². The highest BCUT2D eigenvalue weighted by Gasteiger charge is 2.55. The van der Waals surface area contributed by atoms with Crippen LogP contribution in [0.25, 0.3) is 6.08 Å². The van der Waals surface area contributed by atoms with E-state index in [-0.39, 0.29) is 5.41 Å². The molecule has 0 aromatic heterocycles. The second-order valence-corrected chi connectivity index (χ2v) is 10.0. The average Bonchev–Trinajstić information content (AvgIpc) is 3.03. The van der Waals surface area contributed by atoms with Gasteiger partial charge in [-0.1, -0.05) is 0 Å². The highest BCUT2D eigenvalue weighted by molar-refractivity contribution is 9.10. The molecule has 158 valence electrons. The first kappa shape index (κ1) is 19.8. The second kappa shape index (κ2) is 7.22. The van der Waals surface area contributed by atoms with E-state index >= 15 is 0 Å². The number of ether oxygens (including phenoxy) is 3. The van der Waals surface area contributed by atoms with Crippen molar-refractivity contribution in [1.29, 1.82) is 0 Å². The standard InChI is InChI=1S/C23H24BrNO5/c1-12(26)29-20-17(24)6-13(8-19(20)28-2)7-18-21(27)30-22(25-18)23-9-14-3-15(10-23)5-16(4-14)11-23/h6-8,14-16H,3-5,9-11H2,1-2H3. The first-order chi connectivity index (χ1) is 14.3. The van der Waals surface area contributed by atoms with Gasteiger partial charge in [-0.3, -0.25) is 4.79 Å². The van der Waals surface area contributed by atoms with E-state index < -0.39 is 11.9 Å². The predicted molar refractivity (Wildman–Crippen MR) is 114 cm³/mol. The Labute approximate surface area is 183 Å². The maximum absolute atomic E-state index is 12.6. The van der Waals surface area contributed by atoms with Crippen LogP contribution in [0.3, 0.4) is 0 Å². The van der Waals surface area contributed by atoms with Crippen LogP contribution in [0.15, 0.2) is 27.3 Å². The molecule has 1 aliphatic heterocycles. The van der Waals surface area contributed by atoms with Gasteiger partial charge in [0.05, 0.1) is 11.6 Å². The number of esters is 2. The van der Waals surface area contributed by atoms with Crippen molar-refractivity contribution in [2.75, 3.05) is 7.11 Å². The fourth-order valence-electron chi connectivity index (χ4n) is 6.23. The molecule has 1 heterocycles. The summed E-state index contributed by atoms with van der Waals surface area (Å²) in [5, 5.41) is 0. The molecule has 0 atom stereocenters. The van der Waals surface area contributed by atoms with Crippen molar-refractivity contribution >= 4 is 39.8 Å². The van der Waals surface area contributed by atoms with Crippen LogP contribution in [0.1, 0.15) is 51.0 Å². The zero-order chi connectivity index (χ0) is 21.0. The van der Waals surface area contributed by atoms with Crippen molar-refractivity contribution in [2.24, 2.45) is 28.2 Å². The lowest BCUT2D eigenvalue weighted by atomic mass is 9.49. The molecule has 0 N–H and O–H groups in total. The molecule has 0 saturated heterocycles. The van der Waals surface area contributed by atoms with Gasteiger partial charge in [0.2, 0.25) is 5.90 Å². The molecule has 1 aromatic rings. The Balaban J connectivity index is 1.46. The third kappa shape index (κ3) is 3.37. The fraction of sp³-hybridized carbons (Fsp3) is 0.522. The Kier molecular flexibility index (Phi) is 4.76. The van der Waals surface area contributed by atoms with E-state index in [0.717, 1.165) is 37.0 Å². The Morgan fingerprint density at radius 2 is 1.83 bits per heavy atom. The summed E-state index contributed by atoms with van der Waals surface area (Å²) < 4.78 is 16.9. The number of hydrogen-bond acceptors (Lipinski definition) is 6. The molecule has 0 spiro atoms. The van der Waals surface area contributed by atoms with Gasteiger partial charge in [0, 0.05) is 12.3 Å². The molecule has 0 radical (unpaired) electrons. The Morgan fingerprint density at radius 3 is 2.40 bits per heavy atom. The monoisotopic (exact) mass is 473 g/mol. The summed E-state index contributed by atoms with van der Waals surface area (Å²) in [5.74, 6) is 2.73. The number of benzene rings is 1. The minimum absolute atomic E-state index is 0.0581. The molecule has 4 bridgehead atoms. The molecule has 30 heavy (non-hydrogen) atoms. The number of rotatable bonds is 4. The van der Waals surface area contributed by atoms with Gasteiger partial charge in [0.1, 0.15) is 0 Å². The highest BCUT2D eigenvalue weighted by Crippen LogP contribution is 2.61. The van der Waals surface area contributed by atoms with E-state index in [1.807, 2.05) is 0 Å². The Morgan fingerprint density at radius 1 is 1.20 bits per heavy atom. The Hall–Kier alpha value is -2.15. The van der Waals surface area contributed by atoms with Gasteiger partial charge in [0.25, 0.3) is 0 Å². The molecule has 7 heteroatoms. The molecule has 0 unspecified atom stereocenters. The lowest BCUT2D eigenvalue weighted by Gasteiger charge is -2.55. The van der Waals surface area contributed by atoms with Gasteiger partial charge < -0.3 is 14.2 Å². The predicted octanol–water partition coefficient (Wildman–Crippen LogP) is 4.90. The van der Waals surface area contributed by atoms with Crippen molar-refractivity contribution < 1.29 is 23.8 Å². The van der Waals surface area contributed by atoms with Gasteiger partial charge in [-0.2, -0.15) is 0 Å². The first-order valence-electron chi connectivity index (χ1n) is 10.4. The van der Waals surface area contributed by atoms with Crippen molar-refractivity contribution in [1.82, 2.24) is 0 Å². The van der Waals surface area contributed by atoms with Crippen molar-refractivity contribution in [3.8, 4) is 11.5 Å². The quantitative estimate of drug-likeness (QED) is 0.353. The number of cyclic esters (lactones) is 1. The average molecular weight is 474 g/mol. The minimum atomic E-state index is -0.440. The summed E-state index contributed by atoms with van der Waals surface area (Å²) in [7, 11) is 1.50. The van der Waals surface area contributed by atoms with E-state index in [1.165, 1.54) is 33.3 Å². The summed E-state index contributed by atoms with van der Waals surface area (Å²) in [4.78, 5) is 28.6. The molecule has 4 aliphatic carbocycles. The van der Waals surface area contributed by atoms with Gasteiger partial charge in [-0.25, -0.2) is 9.79 Å². The van der Waals surface area contributed by atoms with Crippen LogP contribution in [0.4, 0.5) is 0 Å². The van der Waals surface area contributed by atoms with Crippen LogP contribution in [-0.4, -0.2) is 24.9 Å². The number of carbonyl (C=O) groups excluding carboxylic acids is 2. The fourth-order valence-corrected chi connectivity index (χ4v) is 6.77. The first-order valence-corrected chi connectivity index (χ1v) is 11.2. The molecular weight excluding hydrogens is 450 g/mol. The third-order valence-electron chi connectivity index (χ3n) is 6.91. The summed E-state index contributed by atoms with van der Waals surface area (Å²) >= 11 is 3.41. The van der Waals surface area contributed by atoms with Crippen molar-refractivity contribution in [2.45, 2.75) is 45.4 Å². The van der Waals surface area contributed by atoms with E-state index in [9.17, 15) is 9.59 Å². The Bertz CT molecular complexity index is 960. The third-order valence-corrected chi connectivity index (χ3v) is 7.50. The van der Waals surface area contributed by atoms with Crippen LogP contribution in [0.2, 0.25) is 0 Å². The van der Waals surface area contributed by atoms with E-state index in [1.54, 1.807) is 18.2 Å². The second-order valence-electron chi connectivity index (χ2n) is 9.16. The maximum atomic E-state index is 12.6. The number of halogens is 1. The molecule has 5 aliphatic rings. The summed E-state index contributed by atoms with van der Waals surface area (Å²) in [6.45, 7) is 1.33. The summed E-state index contributed by atoms with van der Waals surface area (Å²) in [6.07, 6.45) is 8.95. The van der Waals surface area contributed by atoms with E-state index in [2.05, 4.69) is 20.9 Å². The van der Waals surface area contributed by atoms with Gasteiger partial charge in [0.15, 0.2) is 17.2 Å². The molecule has 4 fully saturated rings. The van der Waals surface area contributed by atoms with Crippen molar-refractivity contribution in [3.63, 3.8) is 0 Å². The number of nitrogens with zero attached hydrogens (tertiary/aromatic N) is 1. The number of hydrogen-bond donors (Lipinski definition) is 0. The van der Waals surface area contributed by atoms with Gasteiger partial charge in [-0.05, 0) is 96.0 Å². The molecule has 0 amide bonds. The minimum Gasteiger partial charge on any atom is -0.493 e. The van der Waals surface area contributed by atoms with Gasteiger partial charge >= 0.3 is 11.9 Å². The normalized spacial score (nSPS) is 32.9. The van der Waals surface area contributed by atoms with Crippen LogP contribution < -0.4 is 9.47 Å². The lowest BCUT2D eigenvalue weighted by molar-refractivity contribution is -0.132. The number of methoxy groups -OCH3 is 1. The van der Waals surface area contributed by atoms with E-state index in [4.69, 9.17) is 14.2 Å². The molecular formula is C23H24BrNO5. The molecule has 6 rings (SSSR count). The van der Waals surface area contributed by atoms with Crippen LogP contribution >= 0.6 is 15.9 Å². The number of aliphatic imine (C=N–C) groups is 1.